The van der Waals surface area contributed by atoms with Gasteiger partial charge in [0.1, 0.15) is 0 Å². The Morgan fingerprint density at radius 2 is 2.00 bits per heavy atom. The van der Waals surface area contributed by atoms with Crippen molar-refractivity contribution in [3.8, 4) is 11.1 Å². The highest BCUT2D eigenvalue weighted by molar-refractivity contribution is 7.26. The highest BCUT2D eigenvalue weighted by Gasteiger charge is 2.13. The Bertz CT molecular complexity index is 724. The summed E-state index contributed by atoms with van der Waals surface area (Å²) in [6, 6.07) is 10.2. The number of carbonyl (C=O) groups is 1. The van der Waals surface area contributed by atoms with Gasteiger partial charge in [-0.05, 0) is 22.6 Å². The molecular weight excluding hydrogens is 276 g/mol. The summed E-state index contributed by atoms with van der Waals surface area (Å²) in [5, 5.41) is 4.27. The van der Waals surface area contributed by atoms with Crippen LogP contribution in [-0.2, 0) is 16.0 Å². The van der Waals surface area contributed by atoms with Gasteiger partial charge >= 0.3 is 5.97 Å². The molecule has 0 amide bonds. The average molecular weight is 288 g/mol. The maximum atomic E-state index is 11.5. The van der Waals surface area contributed by atoms with E-state index in [1.165, 1.54) is 22.1 Å². The number of benzene rings is 1. The standard InChI is InChI=1S/C15H12O2S2/c1-17-14(16)8-10-4-2-3-5-11(10)12-9-19-13-6-7-18-15(12)13/h2-7,9H,8H2,1H3. The largest absolute Gasteiger partial charge is 0.469 e. The van der Waals surface area contributed by atoms with E-state index in [2.05, 4.69) is 22.9 Å². The van der Waals surface area contributed by atoms with E-state index in [4.69, 9.17) is 4.74 Å². The topological polar surface area (TPSA) is 26.3 Å². The number of esters is 1. The number of fused-ring (bicyclic) bond motifs is 1. The predicted molar refractivity (Wildman–Crippen MR) is 80.9 cm³/mol. The molecule has 4 heteroatoms. The lowest BCUT2D eigenvalue weighted by atomic mass is 10.00. The molecule has 0 saturated heterocycles. The summed E-state index contributed by atoms with van der Waals surface area (Å²) >= 11 is 3.49. The van der Waals surface area contributed by atoms with Crippen molar-refractivity contribution < 1.29 is 9.53 Å². The maximum absolute atomic E-state index is 11.5. The fourth-order valence-corrected chi connectivity index (χ4v) is 4.24. The highest BCUT2D eigenvalue weighted by atomic mass is 32.1. The minimum atomic E-state index is -0.204. The molecule has 0 unspecified atom stereocenters. The van der Waals surface area contributed by atoms with Crippen LogP contribution in [0.25, 0.3) is 20.5 Å². The first-order valence-electron chi connectivity index (χ1n) is 5.89. The molecule has 0 N–H and O–H groups in total. The zero-order chi connectivity index (χ0) is 13.2. The van der Waals surface area contributed by atoms with Crippen LogP contribution in [0.3, 0.4) is 0 Å². The van der Waals surface area contributed by atoms with Crippen molar-refractivity contribution in [1.82, 2.24) is 0 Å². The highest BCUT2D eigenvalue weighted by Crippen LogP contribution is 2.38. The zero-order valence-corrected chi connectivity index (χ0v) is 12.0. The minimum absolute atomic E-state index is 0.204. The van der Waals surface area contributed by atoms with Gasteiger partial charge in [-0.25, -0.2) is 0 Å². The number of methoxy groups -OCH3 is 1. The quantitative estimate of drug-likeness (QED) is 0.670. The second kappa shape index (κ2) is 5.15. The Hall–Kier alpha value is -1.65. The van der Waals surface area contributed by atoms with Gasteiger partial charge in [-0.1, -0.05) is 24.3 Å². The number of rotatable bonds is 3. The third kappa shape index (κ3) is 2.29. The molecule has 0 saturated carbocycles. The molecule has 2 heterocycles. The van der Waals surface area contributed by atoms with Crippen molar-refractivity contribution >= 4 is 38.0 Å². The number of hydrogen-bond donors (Lipinski definition) is 0. The summed E-state index contributed by atoms with van der Waals surface area (Å²) < 4.78 is 7.36. The first-order chi connectivity index (χ1) is 9.29. The lowest BCUT2D eigenvalue weighted by molar-refractivity contribution is -0.139. The summed E-state index contributed by atoms with van der Waals surface area (Å²) in [5.41, 5.74) is 3.36. The molecule has 3 aromatic rings. The van der Waals surface area contributed by atoms with Gasteiger partial charge in [0, 0.05) is 15.6 Å². The van der Waals surface area contributed by atoms with Crippen molar-refractivity contribution in [3.05, 3.63) is 46.7 Å². The van der Waals surface area contributed by atoms with E-state index in [0.717, 1.165) is 11.1 Å². The van der Waals surface area contributed by atoms with E-state index in [-0.39, 0.29) is 5.97 Å². The van der Waals surface area contributed by atoms with E-state index in [0.29, 0.717) is 6.42 Å². The molecule has 0 atom stereocenters. The molecule has 2 nitrogen and oxygen atoms in total. The molecule has 96 valence electrons. The van der Waals surface area contributed by atoms with Gasteiger partial charge in [0.05, 0.1) is 18.2 Å². The van der Waals surface area contributed by atoms with Crippen LogP contribution in [0.5, 0.6) is 0 Å². The van der Waals surface area contributed by atoms with Gasteiger partial charge in [-0.3, -0.25) is 4.79 Å². The number of hydrogen-bond acceptors (Lipinski definition) is 4. The fourth-order valence-electron chi connectivity index (χ4n) is 2.11. The molecule has 0 bridgehead atoms. The maximum Gasteiger partial charge on any atom is 0.309 e. The molecule has 1 aromatic carbocycles. The van der Waals surface area contributed by atoms with Crippen LogP contribution in [-0.4, -0.2) is 13.1 Å². The Labute approximate surface area is 119 Å². The van der Waals surface area contributed by atoms with E-state index < -0.39 is 0 Å². The summed E-state index contributed by atoms with van der Waals surface area (Å²) in [7, 11) is 1.42. The normalized spacial score (nSPS) is 10.8. The molecule has 3 rings (SSSR count). The number of ether oxygens (including phenoxy) is 1. The molecule has 2 aromatic heterocycles. The van der Waals surface area contributed by atoms with Crippen LogP contribution < -0.4 is 0 Å². The molecule has 0 aliphatic heterocycles. The lowest BCUT2D eigenvalue weighted by Crippen LogP contribution is -2.05. The second-order valence-electron chi connectivity index (χ2n) is 4.17. The Morgan fingerprint density at radius 3 is 2.84 bits per heavy atom. The molecule has 0 aliphatic carbocycles. The van der Waals surface area contributed by atoms with E-state index in [1.54, 1.807) is 22.7 Å². The van der Waals surface area contributed by atoms with Gasteiger partial charge in [0.2, 0.25) is 0 Å². The van der Waals surface area contributed by atoms with E-state index in [1.807, 2.05) is 18.2 Å². The lowest BCUT2D eigenvalue weighted by Gasteiger charge is -2.07. The van der Waals surface area contributed by atoms with Gasteiger partial charge in [0.25, 0.3) is 0 Å². The van der Waals surface area contributed by atoms with E-state index in [9.17, 15) is 4.79 Å². The van der Waals surface area contributed by atoms with E-state index >= 15 is 0 Å². The summed E-state index contributed by atoms with van der Waals surface area (Å²) in [6.07, 6.45) is 0.315. The van der Waals surface area contributed by atoms with Crippen LogP contribution in [0.1, 0.15) is 5.56 Å². The summed E-state index contributed by atoms with van der Waals surface area (Å²) in [6.45, 7) is 0. The van der Waals surface area contributed by atoms with Crippen LogP contribution >= 0.6 is 22.7 Å². The SMILES string of the molecule is COC(=O)Cc1ccccc1-c1csc2ccsc12. The first-order valence-corrected chi connectivity index (χ1v) is 7.65. The smallest absolute Gasteiger partial charge is 0.309 e. The van der Waals surface area contributed by atoms with Gasteiger partial charge < -0.3 is 4.74 Å². The van der Waals surface area contributed by atoms with Crippen molar-refractivity contribution in [3.63, 3.8) is 0 Å². The molecule has 19 heavy (non-hydrogen) atoms. The first kappa shape index (κ1) is 12.4. The third-order valence-corrected chi connectivity index (χ3v) is 5.07. The van der Waals surface area contributed by atoms with Crippen LogP contribution in [0, 0.1) is 0 Å². The van der Waals surface area contributed by atoms with Crippen LogP contribution in [0.4, 0.5) is 0 Å². The molecule has 0 fully saturated rings. The number of thiophene rings is 2. The average Bonchev–Trinajstić information content (AvgIpc) is 3.02. The van der Waals surface area contributed by atoms with Crippen LogP contribution in [0.15, 0.2) is 41.1 Å². The summed E-state index contributed by atoms with van der Waals surface area (Å²) in [5.74, 6) is -0.204. The number of carbonyl (C=O) groups excluding carboxylic acids is 1. The van der Waals surface area contributed by atoms with Crippen molar-refractivity contribution in [2.24, 2.45) is 0 Å². The fraction of sp³-hybridized carbons (Fsp3) is 0.133. The minimum Gasteiger partial charge on any atom is -0.469 e. The second-order valence-corrected chi connectivity index (χ2v) is 6.00. The monoisotopic (exact) mass is 288 g/mol. The molecular formula is C15H12O2S2. The zero-order valence-electron chi connectivity index (χ0n) is 10.4. The molecule has 0 radical (unpaired) electrons. The Kier molecular flexibility index (Phi) is 3.36. The van der Waals surface area contributed by atoms with Crippen molar-refractivity contribution in [2.45, 2.75) is 6.42 Å². The Morgan fingerprint density at radius 1 is 1.16 bits per heavy atom. The Balaban J connectivity index is 2.10. The van der Waals surface area contributed by atoms with Gasteiger partial charge in [-0.15, -0.1) is 22.7 Å². The predicted octanol–water partition coefficient (Wildman–Crippen LogP) is 4.35. The van der Waals surface area contributed by atoms with Crippen molar-refractivity contribution in [2.75, 3.05) is 7.11 Å². The van der Waals surface area contributed by atoms with Gasteiger partial charge in [0.15, 0.2) is 0 Å². The van der Waals surface area contributed by atoms with Gasteiger partial charge in [-0.2, -0.15) is 0 Å². The molecule has 0 aliphatic rings. The molecule has 0 spiro atoms. The van der Waals surface area contributed by atoms with Crippen LogP contribution in [0.2, 0.25) is 0 Å². The van der Waals surface area contributed by atoms with Crippen molar-refractivity contribution in [1.29, 1.82) is 0 Å². The summed E-state index contributed by atoms with van der Waals surface area (Å²) in [4.78, 5) is 11.5. The third-order valence-electron chi connectivity index (χ3n) is 3.05.